The average molecular weight is 204 g/mol. The zero-order valence-corrected chi connectivity index (χ0v) is 10.7. The highest BCUT2D eigenvalue weighted by molar-refractivity contribution is 4.87. The molecule has 0 aromatic heterocycles. The minimum atomic E-state index is -0.106. The van der Waals surface area contributed by atoms with Crippen LogP contribution in [0.4, 0.5) is 4.53 Å². The van der Waals surface area contributed by atoms with Gasteiger partial charge in [-0.1, -0.05) is 48.5 Å². The summed E-state index contributed by atoms with van der Waals surface area (Å²) in [5.74, 6) is 0. The number of hydrogen-bond acceptors (Lipinski definition) is 1. The Bertz CT molecular complexity index is 177. The fraction of sp³-hybridized carbons (Fsp3) is 1.00. The van der Waals surface area contributed by atoms with Gasteiger partial charge < -0.3 is 0 Å². The molecule has 86 valence electrons. The summed E-state index contributed by atoms with van der Waals surface area (Å²) in [5, 5.41) is 0. The Balaban J connectivity index is 4.50. The lowest BCUT2D eigenvalue weighted by atomic mass is 9.62. The number of halogens is 1. The lowest BCUT2D eigenvalue weighted by molar-refractivity contribution is -0.165. The molecule has 0 rings (SSSR count). The van der Waals surface area contributed by atoms with Gasteiger partial charge in [-0.25, -0.2) is 0 Å². The van der Waals surface area contributed by atoms with Crippen LogP contribution in [0.1, 0.15) is 54.9 Å². The Labute approximate surface area is 87.9 Å². The first-order chi connectivity index (χ1) is 6.02. The SMILES string of the molecule is CC(C)(COF)CC(C)(C)C(C)(C)C. The Kier molecular flexibility index (Phi) is 4.14. The van der Waals surface area contributed by atoms with Gasteiger partial charge in [0, 0.05) is 0 Å². The largest absolute Gasteiger partial charge is 0.194 e. The van der Waals surface area contributed by atoms with Crippen molar-refractivity contribution in [2.75, 3.05) is 6.61 Å². The molecule has 0 fully saturated rings. The van der Waals surface area contributed by atoms with Crippen LogP contribution in [-0.4, -0.2) is 6.61 Å². The maximum Gasteiger partial charge on any atom is 0.0927 e. The highest BCUT2D eigenvalue weighted by Gasteiger charge is 2.37. The van der Waals surface area contributed by atoms with Gasteiger partial charge in [-0.3, -0.25) is 0 Å². The molecule has 0 aliphatic carbocycles. The summed E-state index contributed by atoms with van der Waals surface area (Å²) in [7, 11) is 0. The second-order valence-electron chi connectivity index (χ2n) is 6.73. The zero-order chi connectivity index (χ0) is 11.6. The fourth-order valence-electron chi connectivity index (χ4n) is 1.66. The maximum absolute atomic E-state index is 11.9. The van der Waals surface area contributed by atoms with Crippen molar-refractivity contribution >= 4 is 0 Å². The van der Waals surface area contributed by atoms with Crippen LogP contribution in [0.15, 0.2) is 0 Å². The highest BCUT2D eigenvalue weighted by Crippen LogP contribution is 2.46. The van der Waals surface area contributed by atoms with Gasteiger partial charge in [0.15, 0.2) is 0 Å². The first-order valence-electron chi connectivity index (χ1n) is 5.25. The van der Waals surface area contributed by atoms with E-state index in [4.69, 9.17) is 0 Å². The van der Waals surface area contributed by atoms with Crippen molar-refractivity contribution in [1.29, 1.82) is 0 Å². The lowest BCUT2D eigenvalue weighted by Gasteiger charge is -2.43. The molecule has 0 bridgehead atoms. The van der Waals surface area contributed by atoms with Crippen LogP contribution in [0.2, 0.25) is 0 Å². The molecule has 0 saturated carbocycles. The summed E-state index contributed by atoms with van der Waals surface area (Å²) in [6, 6.07) is 0. The molecule has 0 aliphatic rings. The molecular formula is C12H25FO. The van der Waals surface area contributed by atoms with E-state index in [2.05, 4.69) is 39.6 Å². The van der Waals surface area contributed by atoms with E-state index in [9.17, 15) is 4.53 Å². The van der Waals surface area contributed by atoms with E-state index in [0.29, 0.717) is 0 Å². The normalized spacial score (nSPS) is 14.6. The Morgan fingerprint density at radius 1 is 0.929 bits per heavy atom. The molecule has 0 amide bonds. The molecule has 1 nitrogen and oxygen atoms in total. The molecule has 2 heteroatoms. The summed E-state index contributed by atoms with van der Waals surface area (Å²) in [4.78, 5) is 3.77. The second-order valence-corrected chi connectivity index (χ2v) is 6.73. The number of hydrogen-bond donors (Lipinski definition) is 0. The minimum Gasteiger partial charge on any atom is -0.194 e. The van der Waals surface area contributed by atoms with Crippen LogP contribution in [0.25, 0.3) is 0 Å². The van der Waals surface area contributed by atoms with Crippen molar-refractivity contribution in [2.45, 2.75) is 54.9 Å². The van der Waals surface area contributed by atoms with E-state index < -0.39 is 0 Å². The Hall–Kier alpha value is -0.110. The minimum absolute atomic E-state index is 0.106. The van der Waals surface area contributed by atoms with E-state index >= 15 is 0 Å². The molecule has 0 unspecified atom stereocenters. The van der Waals surface area contributed by atoms with Gasteiger partial charge in [0.2, 0.25) is 0 Å². The molecule has 0 heterocycles. The van der Waals surface area contributed by atoms with Crippen molar-refractivity contribution in [1.82, 2.24) is 0 Å². The molecule has 0 N–H and O–H groups in total. The van der Waals surface area contributed by atoms with E-state index in [-0.39, 0.29) is 22.9 Å². The molecule has 0 spiro atoms. The van der Waals surface area contributed by atoms with Crippen LogP contribution in [0.3, 0.4) is 0 Å². The van der Waals surface area contributed by atoms with E-state index in [1.165, 1.54) is 0 Å². The van der Waals surface area contributed by atoms with Gasteiger partial charge in [0.25, 0.3) is 0 Å². The summed E-state index contributed by atoms with van der Waals surface area (Å²) in [6.07, 6.45) is 0.952. The third kappa shape index (κ3) is 3.95. The molecule has 0 atom stereocenters. The fourth-order valence-corrected chi connectivity index (χ4v) is 1.66. The summed E-state index contributed by atoms with van der Waals surface area (Å²) in [6.45, 7) is 15.4. The maximum atomic E-state index is 11.9. The first kappa shape index (κ1) is 13.9. The molecule has 14 heavy (non-hydrogen) atoms. The summed E-state index contributed by atoms with van der Waals surface area (Å²) in [5.41, 5.74) is 0.293. The first-order valence-corrected chi connectivity index (χ1v) is 5.25. The van der Waals surface area contributed by atoms with Crippen molar-refractivity contribution in [3.8, 4) is 0 Å². The molecule has 0 aliphatic heterocycles. The van der Waals surface area contributed by atoms with Gasteiger partial charge in [-0.15, -0.1) is 0 Å². The number of rotatable bonds is 4. The Morgan fingerprint density at radius 2 is 1.36 bits per heavy atom. The van der Waals surface area contributed by atoms with Crippen molar-refractivity contribution in [2.24, 2.45) is 16.2 Å². The highest BCUT2D eigenvalue weighted by atomic mass is 19.3. The third-order valence-electron chi connectivity index (χ3n) is 3.40. The molecule has 0 saturated heterocycles. The predicted octanol–water partition coefficient (Wildman–Crippen LogP) is 4.38. The summed E-state index contributed by atoms with van der Waals surface area (Å²) >= 11 is 0. The second kappa shape index (κ2) is 4.18. The van der Waals surface area contributed by atoms with E-state index in [0.717, 1.165) is 6.42 Å². The van der Waals surface area contributed by atoms with Crippen LogP contribution < -0.4 is 0 Å². The predicted molar refractivity (Wildman–Crippen MR) is 58.7 cm³/mol. The molecule has 0 radical (unpaired) electrons. The topological polar surface area (TPSA) is 9.23 Å². The molecule has 0 aromatic carbocycles. The zero-order valence-electron chi connectivity index (χ0n) is 10.7. The van der Waals surface area contributed by atoms with Crippen molar-refractivity contribution < 1.29 is 9.47 Å². The van der Waals surface area contributed by atoms with E-state index in [1.54, 1.807) is 0 Å². The summed E-state index contributed by atoms with van der Waals surface area (Å²) < 4.78 is 11.9. The van der Waals surface area contributed by atoms with Gasteiger partial charge in [0.05, 0.1) is 6.61 Å². The quantitative estimate of drug-likeness (QED) is 0.660. The van der Waals surface area contributed by atoms with Gasteiger partial charge in [-0.05, 0) is 27.2 Å². The van der Waals surface area contributed by atoms with Crippen LogP contribution in [0.5, 0.6) is 0 Å². The van der Waals surface area contributed by atoms with Crippen molar-refractivity contribution in [3.63, 3.8) is 0 Å². The average Bonchev–Trinajstić information content (AvgIpc) is 1.80. The monoisotopic (exact) mass is 204 g/mol. The van der Waals surface area contributed by atoms with E-state index in [1.807, 2.05) is 13.8 Å². The standard InChI is InChI=1S/C12H25FO/c1-10(2,3)12(6,7)8-11(4,5)9-14-13/h8-9H2,1-7H3. The van der Waals surface area contributed by atoms with Gasteiger partial charge in [-0.2, -0.15) is 4.94 Å². The molecule has 0 aromatic rings. The third-order valence-corrected chi connectivity index (χ3v) is 3.40. The Morgan fingerprint density at radius 3 is 1.64 bits per heavy atom. The van der Waals surface area contributed by atoms with Gasteiger partial charge in [0.1, 0.15) is 0 Å². The van der Waals surface area contributed by atoms with Crippen LogP contribution in [-0.2, 0) is 4.94 Å². The molecular weight excluding hydrogens is 179 g/mol. The van der Waals surface area contributed by atoms with Crippen LogP contribution in [0, 0.1) is 16.2 Å². The van der Waals surface area contributed by atoms with Crippen LogP contribution >= 0.6 is 0 Å². The smallest absolute Gasteiger partial charge is 0.0927 e. The van der Waals surface area contributed by atoms with Gasteiger partial charge >= 0.3 is 0 Å². The van der Waals surface area contributed by atoms with Crippen molar-refractivity contribution in [3.05, 3.63) is 0 Å². The lowest BCUT2D eigenvalue weighted by Crippen LogP contribution is -2.36.